The minimum Gasteiger partial charge on any atom is -0.496 e. The first-order valence-corrected chi connectivity index (χ1v) is 9.65. The van der Waals surface area contributed by atoms with E-state index in [1.165, 1.54) is 0 Å². The predicted molar refractivity (Wildman–Crippen MR) is 110 cm³/mol. The molecule has 5 nitrogen and oxygen atoms in total. The molecule has 1 heterocycles. The summed E-state index contributed by atoms with van der Waals surface area (Å²) in [7, 11) is 1.58. The maximum absolute atomic E-state index is 13.2. The number of hydrogen-bond donors (Lipinski definition) is 0. The first kappa shape index (κ1) is 19.9. The summed E-state index contributed by atoms with van der Waals surface area (Å²) < 4.78 is 5.40. The average Bonchev–Trinajstić information content (AvgIpc) is 2.66. The molecule has 28 heavy (non-hydrogen) atoms. The summed E-state index contributed by atoms with van der Waals surface area (Å²) in [6, 6.07) is 11.4. The molecule has 0 aromatic heterocycles. The van der Waals surface area contributed by atoms with Crippen molar-refractivity contribution in [2.24, 2.45) is 0 Å². The Kier molecular flexibility index (Phi) is 5.73. The minimum absolute atomic E-state index is 0.0402. The Labute approximate surface area is 166 Å². The monoisotopic (exact) mass is 380 g/mol. The Hall–Kier alpha value is -2.82. The Morgan fingerprint density at radius 1 is 0.893 bits per heavy atom. The van der Waals surface area contributed by atoms with Gasteiger partial charge in [0.15, 0.2) is 0 Å². The topological polar surface area (TPSA) is 49.9 Å². The van der Waals surface area contributed by atoms with Crippen molar-refractivity contribution in [1.82, 2.24) is 9.80 Å². The molecule has 0 radical (unpaired) electrons. The molecule has 1 aliphatic heterocycles. The van der Waals surface area contributed by atoms with Crippen molar-refractivity contribution >= 4 is 11.8 Å². The van der Waals surface area contributed by atoms with Crippen molar-refractivity contribution < 1.29 is 14.3 Å². The fourth-order valence-corrected chi connectivity index (χ4v) is 3.98. The number of carbonyl (C=O) groups is 2. The summed E-state index contributed by atoms with van der Waals surface area (Å²) in [6.45, 7) is 9.40. The Morgan fingerprint density at radius 3 is 2.04 bits per heavy atom. The zero-order chi connectivity index (χ0) is 20.4. The zero-order valence-corrected chi connectivity index (χ0v) is 17.3. The molecule has 2 aromatic carbocycles. The van der Waals surface area contributed by atoms with Crippen LogP contribution in [0.4, 0.5) is 0 Å². The molecule has 2 aromatic rings. The molecule has 0 aliphatic carbocycles. The molecule has 0 N–H and O–H groups in total. The molecule has 2 amide bonds. The maximum atomic E-state index is 13.2. The van der Waals surface area contributed by atoms with Crippen LogP contribution in [0.15, 0.2) is 36.4 Å². The van der Waals surface area contributed by atoms with E-state index in [2.05, 4.69) is 0 Å². The average molecular weight is 380 g/mol. The van der Waals surface area contributed by atoms with Crippen molar-refractivity contribution in [1.29, 1.82) is 0 Å². The smallest absolute Gasteiger partial charge is 0.258 e. The van der Waals surface area contributed by atoms with Crippen LogP contribution in [0.3, 0.4) is 0 Å². The number of nitrogens with zero attached hydrogens (tertiary/aromatic N) is 2. The third-order valence-corrected chi connectivity index (χ3v) is 5.54. The van der Waals surface area contributed by atoms with Gasteiger partial charge < -0.3 is 14.5 Å². The third-order valence-electron chi connectivity index (χ3n) is 5.54. The van der Waals surface area contributed by atoms with Gasteiger partial charge in [0.05, 0.1) is 12.7 Å². The fourth-order valence-electron chi connectivity index (χ4n) is 3.98. The molecule has 1 saturated heterocycles. The first-order chi connectivity index (χ1) is 13.3. The van der Waals surface area contributed by atoms with Gasteiger partial charge in [0.2, 0.25) is 0 Å². The minimum atomic E-state index is -0.0705. The van der Waals surface area contributed by atoms with E-state index in [1.54, 1.807) is 7.11 Å². The van der Waals surface area contributed by atoms with Crippen molar-refractivity contribution in [3.05, 3.63) is 64.2 Å². The second-order valence-electron chi connectivity index (χ2n) is 7.52. The molecule has 0 bridgehead atoms. The highest BCUT2D eigenvalue weighted by atomic mass is 16.5. The molecule has 0 saturated carbocycles. The van der Waals surface area contributed by atoms with Gasteiger partial charge in [-0.05, 0) is 50.5 Å². The van der Waals surface area contributed by atoms with Crippen LogP contribution in [0, 0.1) is 20.8 Å². The molecule has 5 heteroatoms. The molecule has 1 aliphatic rings. The van der Waals surface area contributed by atoms with E-state index in [0.29, 0.717) is 30.9 Å². The van der Waals surface area contributed by atoms with Crippen LogP contribution in [0.25, 0.3) is 0 Å². The zero-order valence-electron chi connectivity index (χ0n) is 17.3. The standard InChI is InChI=1S/C23H28N2O3/c1-15-8-6-9-16(2)20(15)22(26)24-12-13-25(18(4)14-24)23(27)21-17(3)10-7-11-19(21)28-5/h6-11,18H,12-14H2,1-5H3. The number of piperazine rings is 1. The first-order valence-electron chi connectivity index (χ1n) is 9.65. The number of amides is 2. The van der Waals surface area contributed by atoms with E-state index < -0.39 is 0 Å². The van der Waals surface area contributed by atoms with Crippen LogP contribution in [-0.2, 0) is 0 Å². The van der Waals surface area contributed by atoms with Gasteiger partial charge in [-0.25, -0.2) is 0 Å². The molecule has 0 spiro atoms. The van der Waals surface area contributed by atoms with Crippen molar-refractivity contribution in [2.45, 2.75) is 33.7 Å². The number of hydrogen-bond acceptors (Lipinski definition) is 3. The second kappa shape index (κ2) is 8.05. The number of methoxy groups -OCH3 is 1. The summed E-state index contributed by atoms with van der Waals surface area (Å²) in [4.78, 5) is 30.0. The summed E-state index contributed by atoms with van der Waals surface area (Å²) >= 11 is 0. The Morgan fingerprint density at radius 2 is 1.46 bits per heavy atom. The Balaban J connectivity index is 1.79. The lowest BCUT2D eigenvalue weighted by molar-refractivity contribution is 0.0411. The van der Waals surface area contributed by atoms with Gasteiger partial charge in [-0.15, -0.1) is 0 Å². The fraction of sp³-hybridized carbons (Fsp3) is 0.391. The van der Waals surface area contributed by atoms with E-state index in [4.69, 9.17) is 4.74 Å². The molecule has 3 rings (SSSR count). The third kappa shape index (κ3) is 3.61. The highest BCUT2D eigenvalue weighted by molar-refractivity contribution is 5.99. The van der Waals surface area contributed by atoms with Crippen LogP contribution in [0.1, 0.15) is 44.3 Å². The SMILES string of the molecule is COc1cccc(C)c1C(=O)N1CCN(C(=O)c2c(C)cccc2C)CC1C. The Bertz CT molecular complexity index is 886. The largest absolute Gasteiger partial charge is 0.496 e. The van der Waals surface area contributed by atoms with Gasteiger partial charge >= 0.3 is 0 Å². The quantitative estimate of drug-likeness (QED) is 0.817. The lowest BCUT2D eigenvalue weighted by atomic mass is 10.0. The van der Waals surface area contributed by atoms with Crippen LogP contribution in [0.2, 0.25) is 0 Å². The van der Waals surface area contributed by atoms with E-state index in [9.17, 15) is 9.59 Å². The van der Waals surface area contributed by atoms with E-state index in [1.807, 2.05) is 73.9 Å². The van der Waals surface area contributed by atoms with Gasteiger partial charge in [0, 0.05) is 31.2 Å². The molecular weight excluding hydrogens is 352 g/mol. The summed E-state index contributed by atoms with van der Waals surface area (Å²) in [5, 5.41) is 0. The molecular formula is C23H28N2O3. The van der Waals surface area contributed by atoms with Crippen LogP contribution >= 0.6 is 0 Å². The van der Waals surface area contributed by atoms with Crippen molar-refractivity contribution in [3.8, 4) is 5.75 Å². The van der Waals surface area contributed by atoms with Gasteiger partial charge in [0.25, 0.3) is 11.8 Å². The van der Waals surface area contributed by atoms with Gasteiger partial charge in [0.1, 0.15) is 5.75 Å². The van der Waals surface area contributed by atoms with Gasteiger partial charge in [-0.3, -0.25) is 9.59 Å². The van der Waals surface area contributed by atoms with Crippen molar-refractivity contribution in [3.63, 3.8) is 0 Å². The normalized spacial score (nSPS) is 16.8. The molecule has 1 atom stereocenters. The van der Waals surface area contributed by atoms with Crippen LogP contribution < -0.4 is 4.74 Å². The number of benzene rings is 2. The van der Waals surface area contributed by atoms with Crippen LogP contribution in [0.5, 0.6) is 5.75 Å². The number of carbonyl (C=O) groups excluding carboxylic acids is 2. The summed E-state index contributed by atoms with van der Waals surface area (Å²) in [5.74, 6) is 0.593. The highest BCUT2D eigenvalue weighted by Gasteiger charge is 2.33. The highest BCUT2D eigenvalue weighted by Crippen LogP contribution is 2.26. The summed E-state index contributed by atoms with van der Waals surface area (Å²) in [6.07, 6.45) is 0. The predicted octanol–water partition coefficient (Wildman–Crippen LogP) is 3.61. The number of rotatable bonds is 3. The summed E-state index contributed by atoms with van der Waals surface area (Å²) in [5.41, 5.74) is 4.24. The number of aryl methyl sites for hydroxylation is 3. The molecule has 1 fully saturated rings. The molecule has 148 valence electrons. The van der Waals surface area contributed by atoms with E-state index in [-0.39, 0.29) is 17.9 Å². The van der Waals surface area contributed by atoms with Crippen molar-refractivity contribution in [2.75, 3.05) is 26.7 Å². The lowest BCUT2D eigenvalue weighted by Crippen LogP contribution is -2.55. The number of ether oxygens (including phenoxy) is 1. The van der Waals surface area contributed by atoms with Gasteiger partial charge in [-0.1, -0.05) is 30.3 Å². The maximum Gasteiger partial charge on any atom is 0.258 e. The second-order valence-corrected chi connectivity index (χ2v) is 7.52. The van der Waals surface area contributed by atoms with Crippen LogP contribution in [-0.4, -0.2) is 54.4 Å². The van der Waals surface area contributed by atoms with E-state index >= 15 is 0 Å². The van der Waals surface area contributed by atoms with Gasteiger partial charge in [-0.2, -0.15) is 0 Å². The lowest BCUT2D eigenvalue weighted by Gasteiger charge is -2.40. The van der Waals surface area contributed by atoms with E-state index in [0.717, 1.165) is 22.3 Å². The molecule has 1 unspecified atom stereocenters.